The molecule has 2 rings (SSSR count). The third-order valence-electron chi connectivity index (χ3n) is 3.35. The fourth-order valence-corrected chi connectivity index (χ4v) is 2.24. The van der Waals surface area contributed by atoms with Crippen molar-refractivity contribution in [3.63, 3.8) is 0 Å². The van der Waals surface area contributed by atoms with Crippen LogP contribution in [0.2, 0.25) is 0 Å². The maximum absolute atomic E-state index is 13.3. The zero-order chi connectivity index (χ0) is 15.2. The number of hydrogen-bond acceptors (Lipinski definition) is 2. The highest BCUT2D eigenvalue weighted by atomic mass is 19.1. The van der Waals surface area contributed by atoms with Gasteiger partial charge in [0.2, 0.25) is 0 Å². The van der Waals surface area contributed by atoms with E-state index in [0.29, 0.717) is 5.56 Å². The number of carbonyl (C=O) groups is 1. The normalized spacial score (nSPS) is 11.8. The molecular weight excluding hydrogens is 267 g/mol. The molecule has 1 atom stereocenters. The van der Waals surface area contributed by atoms with Crippen molar-refractivity contribution in [2.75, 3.05) is 12.4 Å². The number of amides is 1. The first-order valence-corrected chi connectivity index (χ1v) is 6.98. The zero-order valence-electron chi connectivity index (χ0n) is 12.2. The highest BCUT2D eigenvalue weighted by Gasteiger charge is 2.11. The van der Waals surface area contributed by atoms with Gasteiger partial charge in [0, 0.05) is 18.3 Å². The molecule has 2 N–H and O–H groups in total. The predicted octanol–water partition coefficient (Wildman–Crippen LogP) is 3.75. The predicted molar refractivity (Wildman–Crippen MR) is 82.9 cm³/mol. The maximum atomic E-state index is 13.3. The molecule has 4 heteroatoms. The van der Waals surface area contributed by atoms with Gasteiger partial charge in [0.05, 0.1) is 6.04 Å². The molecule has 110 valence electrons. The number of carbonyl (C=O) groups excluding carboxylic acids is 1. The van der Waals surface area contributed by atoms with E-state index in [1.807, 2.05) is 25.1 Å². The molecule has 3 nitrogen and oxygen atoms in total. The van der Waals surface area contributed by atoms with Crippen LogP contribution in [0.1, 0.15) is 35.3 Å². The van der Waals surface area contributed by atoms with Gasteiger partial charge in [-0.3, -0.25) is 4.79 Å². The SMILES string of the molecule is CCC(Nc1cccc(C(=O)NC)c1)c1cccc(F)c1. The van der Waals surface area contributed by atoms with Gasteiger partial charge in [0.25, 0.3) is 5.91 Å². The van der Waals surface area contributed by atoms with E-state index in [-0.39, 0.29) is 17.8 Å². The van der Waals surface area contributed by atoms with E-state index >= 15 is 0 Å². The molecule has 0 fully saturated rings. The van der Waals surface area contributed by atoms with Crippen LogP contribution >= 0.6 is 0 Å². The molecule has 0 bridgehead atoms. The standard InChI is InChI=1S/C17H19FN2O/c1-3-16(12-6-4-8-14(18)10-12)20-15-9-5-7-13(11-15)17(21)19-2/h4-11,16,20H,3H2,1-2H3,(H,19,21). The average Bonchev–Trinajstić information content (AvgIpc) is 2.52. The van der Waals surface area contributed by atoms with E-state index in [1.165, 1.54) is 12.1 Å². The van der Waals surface area contributed by atoms with Crippen molar-refractivity contribution in [3.8, 4) is 0 Å². The first kappa shape index (κ1) is 15.0. The Morgan fingerprint density at radius 1 is 1.19 bits per heavy atom. The van der Waals surface area contributed by atoms with Crippen LogP contribution in [0, 0.1) is 5.82 Å². The van der Waals surface area contributed by atoms with Crippen molar-refractivity contribution in [2.24, 2.45) is 0 Å². The molecule has 0 aliphatic heterocycles. The summed E-state index contributed by atoms with van der Waals surface area (Å²) >= 11 is 0. The lowest BCUT2D eigenvalue weighted by Gasteiger charge is -2.19. The summed E-state index contributed by atoms with van der Waals surface area (Å²) in [6, 6.07) is 13.8. The molecule has 0 aliphatic carbocycles. The van der Waals surface area contributed by atoms with Crippen LogP contribution in [0.25, 0.3) is 0 Å². The first-order valence-electron chi connectivity index (χ1n) is 6.98. The van der Waals surface area contributed by atoms with Crippen LogP contribution in [0.3, 0.4) is 0 Å². The smallest absolute Gasteiger partial charge is 0.251 e. The van der Waals surface area contributed by atoms with Crippen molar-refractivity contribution in [1.82, 2.24) is 5.32 Å². The number of benzene rings is 2. The highest BCUT2D eigenvalue weighted by Crippen LogP contribution is 2.23. The second kappa shape index (κ2) is 6.88. The van der Waals surface area contributed by atoms with E-state index in [9.17, 15) is 9.18 Å². The molecular formula is C17H19FN2O. The van der Waals surface area contributed by atoms with E-state index in [0.717, 1.165) is 17.7 Å². The molecule has 0 heterocycles. The lowest BCUT2D eigenvalue weighted by Crippen LogP contribution is -2.18. The summed E-state index contributed by atoms with van der Waals surface area (Å²) in [6.45, 7) is 2.03. The van der Waals surface area contributed by atoms with Crippen molar-refractivity contribution < 1.29 is 9.18 Å². The maximum Gasteiger partial charge on any atom is 0.251 e. The van der Waals surface area contributed by atoms with Gasteiger partial charge in [-0.05, 0) is 42.3 Å². The Hall–Kier alpha value is -2.36. The molecule has 0 saturated carbocycles. The molecule has 0 spiro atoms. The van der Waals surface area contributed by atoms with E-state index in [2.05, 4.69) is 10.6 Å². The molecule has 0 saturated heterocycles. The van der Waals surface area contributed by atoms with Crippen molar-refractivity contribution in [2.45, 2.75) is 19.4 Å². The van der Waals surface area contributed by atoms with E-state index < -0.39 is 0 Å². The molecule has 0 radical (unpaired) electrons. The molecule has 1 amide bonds. The van der Waals surface area contributed by atoms with Crippen LogP contribution in [-0.4, -0.2) is 13.0 Å². The molecule has 2 aromatic carbocycles. The van der Waals surface area contributed by atoms with Crippen LogP contribution in [0.4, 0.5) is 10.1 Å². The van der Waals surface area contributed by atoms with Crippen LogP contribution in [-0.2, 0) is 0 Å². The van der Waals surface area contributed by atoms with Gasteiger partial charge in [-0.1, -0.05) is 25.1 Å². The molecule has 21 heavy (non-hydrogen) atoms. The lowest BCUT2D eigenvalue weighted by molar-refractivity contribution is 0.0963. The Labute approximate surface area is 124 Å². The summed E-state index contributed by atoms with van der Waals surface area (Å²) < 4.78 is 13.3. The Balaban J connectivity index is 2.21. The fraction of sp³-hybridized carbons (Fsp3) is 0.235. The Morgan fingerprint density at radius 3 is 2.62 bits per heavy atom. The van der Waals surface area contributed by atoms with E-state index in [1.54, 1.807) is 25.2 Å². The minimum atomic E-state index is -0.244. The second-order valence-corrected chi connectivity index (χ2v) is 4.82. The van der Waals surface area contributed by atoms with Gasteiger partial charge in [-0.2, -0.15) is 0 Å². The summed E-state index contributed by atoms with van der Waals surface area (Å²) in [5.74, 6) is -0.371. The Bertz CT molecular complexity index is 628. The third-order valence-corrected chi connectivity index (χ3v) is 3.35. The van der Waals surface area contributed by atoms with Crippen molar-refractivity contribution >= 4 is 11.6 Å². The highest BCUT2D eigenvalue weighted by molar-refractivity contribution is 5.94. The Morgan fingerprint density at radius 2 is 1.95 bits per heavy atom. The Kier molecular flexibility index (Phi) is 4.93. The number of nitrogens with one attached hydrogen (secondary N) is 2. The number of hydrogen-bond donors (Lipinski definition) is 2. The summed E-state index contributed by atoms with van der Waals surface area (Å²) in [4.78, 5) is 11.6. The van der Waals surface area contributed by atoms with Gasteiger partial charge in [0.15, 0.2) is 0 Å². The molecule has 1 unspecified atom stereocenters. The lowest BCUT2D eigenvalue weighted by atomic mass is 10.0. The van der Waals surface area contributed by atoms with Gasteiger partial charge < -0.3 is 10.6 Å². The second-order valence-electron chi connectivity index (χ2n) is 4.82. The summed E-state index contributed by atoms with van der Waals surface area (Å²) in [5, 5.41) is 5.94. The third kappa shape index (κ3) is 3.81. The van der Waals surface area contributed by atoms with Crippen molar-refractivity contribution in [1.29, 1.82) is 0 Å². The summed E-state index contributed by atoms with van der Waals surface area (Å²) in [6.07, 6.45) is 0.813. The molecule has 0 aromatic heterocycles. The zero-order valence-corrected chi connectivity index (χ0v) is 12.2. The van der Waals surface area contributed by atoms with Gasteiger partial charge in [-0.25, -0.2) is 4.39 Å². The van der Waals surface area contributed by atoms with Crippen LogP contribution in [0.15, 0.2) is 48.5 Å². The van der Waals surface area contributed by atoms with Crippen LogP contribution < -0.4 is 10.6 Å². The van der Waals surface area contributed by atoms with Gasteiger partial charge in [0.1, 0.15) is 5.82 Å². The molecule has 2 aromatic rings. The number of rotatable bonds is 5. The number of halogens is 1. The van der Waals surface area contributed by atoms with Crippen LogP contribution in [0.5, 0.6) is 0 Å². The fourth-order valence-electron chi connectivity index (χ4n) is 2.24. The van der Waals surface area contributed by atoms with Gasteiger partial charge in [-0.15, -0.1) is 0 Å². The van der Waals surface area contributed by atoms with Gasteiger partial charge >= 0.3 is 0 Å². The summed E-state index contributed by atoms with van der Waals surface area (Å²) in [7, 11) is 1.60. The van der Waals surface area contributed by atoms with Crippen molar-refractivity contribution in [3.05, 3.63) is 65.5 Å². The quantitative estimate of drug-likeness (QED) is 0.879. The topological polar surface area (TPSA) is 41.1 Å². The number of anilines is 1. The minimum Gasteiger partial charge on any atom is -0.378 e. The van der Waals surface area contributed by atoms with E-state index in [4.69, 9.17) is 0 Å². The summed E-state index contributed by atoms with van der Waals surface area (Å²) in [5.41, 5.74) is 2.33. The monoisotopic (exact) mass is 286 g/mol. The minimum absolute atomic E-state index is 0.000591. The first-order chi connectivity index (χ1) is 10.1. The average molecular weight is 286 g/mol. The largest absolute Gasteiger partial charge is 0.378 e. The molecule has 0 aliphatic rings.